The molecule has 1 fully saturated rings. The third-order valence-corrected chi connectivity index (χ3v) is 6.25. The Kier molecular flexibility index (Phi) is 6.85. The number of carbonyl (C=O) groups is 1. The zero-order valence-corrected chi connectivity index (χ0v) is 19.1. The summed E-state index contributed by atoms with van der Waals surface area (Å²) >= 11 is 0. The number of anilines is 2. The summed E-state index contributed by atoms with van der Waals surface area (Å²) in [7, 11) is 0. The Hall–Kier alpha value is -3.19. The quantitative estimate of drug-likeness (QED) is 0.586. The van der Waals surface area contributed by atoms with Gasteiger partial charge in [-0.2, -0.15) is 5.10 Å². The van der Waals surface area contributed by atoms with E-state index in [1.54, 1.807) is 6.20 Å². The number of aryl methyl sites for hydroxylation is 2. The van der Waals surface area contributed by atoms with Crippen LogP contribution >= 0.6 is 0 Å². The Morgan fingerprint density at radius 3 is 2.62 bits per heavy atom. The van der Waals surface area contributed by atoms with E-state index in [0.29, 0.717) is 6.04 Å². The van der Waals surface area contributed by atoms with Gasteiger partial charge in [0.1, 0.15) is 5.82 Å². The highest BCUT2D eigenvalue weighted by atomic mass is 16.2. The standard InChI is InChI=1S/C25H32N6O/c1-18-8-12-26-21(16-18)17-20(3)30-14-10-22(11-15-30)31-24(9-13-27-31)29-25(32)28-23-7-5-4-6-19(23)2/h4-9,12-13,16,20,22H,10-11,14-15,17H2,1-3H3,(H2,28,29,32). The number of likely N-dealkylation sites (tertiary alicyclic amines) is 1. The first-order valence-electron chi connectivity index (χ1n) is 11.3. The third kappa shape index (κ3) is 5.34. The molecule has 1 aromatic carbocycles. The predicted molar refractivity (Wildman–Crippen MR) is 128 cm³/mol. The van der Waals surface area contributed by atoms with E-state index in [2.05, 4.69) is 45.5 Å². The maximum absolute atomic E-state index is 12.5. The SMILES string of the molecule is Cc1ccnc(CC(C)N2CCC(n3nccc3NC(=O)Nc3ccccc3C)CC2)c1. The summed E-state index contributed by atoms with van der Waals surface area (Å²) in [5, 5.41) is 10.4. The van der Waals surface area contributed by atoms with Crippen LogP contribution in [0.25, 0.3) is 0 Å². The maximum atomic E-state index is 12.5. The molecule has 168 valence electrons. The molecule has 3 heterocycles. The average Bonchev–Trinajstić information content (AvgIpc) is 3.23. The summed E-state index contributed by atoms with van der Waals surface area (Å²) in [6.45, 7) is 8.38. The summed E-state index contributed by atoms with van der Waals surface area (Å²) < 4.78 is 1.96. The number of aromatic nitrogens is 3. The van der Waals surface area contributed by atoms with Crippen molar-refractivity contribution in [2.45, 2.75) is 52.1 Å². The van der Waals surface area contributed by atoms with Crippen molar-refractivity contribution in [3.8, 4) is 0 Å². The number of hydrogen-bond donors (Lipinski definition) is 2. The molecule has 2 amide bonds. The van der Waals surface area contributed by atoms with E-state index < -0.39 is 0 Å². The molecule has 1 aliphatic heterocycles. The number of pyridine rings is 1. The molecule has 7 nitrogen and oxygen atoms in total. The number of nitrogens with zero attached hydrogens (tertiary/aromatic N) is 4. The van der Waals surface area contributed by atoms with Gasteiger partial charge in [-0.25, -0.2) is 9.48 Å². The van der Waals surface area contributed by atoms with Crippen molar-refractivity contribution in [2.24, 2.45) is 0 Å². The lowest BCUT2D eigenvalue weighted by Crippen LogP contribution is -2.41. The number of urea groups is 1. The van der Waals surface area contributed by atoms with E-state index in [-0.39, 0.29) is 12.1 Å². The van der Waals surface area contributed by atoms with Gasteiger partial charge in [0, 0.05) is 49.2 Å². The first-order valence-corrected chi connectivity index (χ1v) is 11.3. The molecule has 1 saturated heterocycles. The lowest BCUT2D eigenvalue weighted by atomic mass is 10.0. The Bertz CT molecular complexity index is 1050. The Morgan fingerprint density at radius 2 is 1.88 bits per heavy atom. The number of rotatable bonds is 6. The van der Waals surface area contributed by atoms with E-state index in [0.717, 1.165) is 55.1 Å². The topological polar surface area (TPSA) is 75.1 Å². The van der Waals surface area contributed by atoms with Crippen LogP contribution in [0, 0.1) is 13.8 Å². The minimum Gasteiger partial charge on any atom is -0.307 e. The van der Waals surface area contributed by atoms with Crippen LogP contribution in [0.15, 0.2) is 54.9 Å². The minimum absolute atomic E-state index is 0.252. The van der Waals surface area contributed by atoms with Gasteiger partial charge in [0.2, 0.25) is 0 Å². The van der Waals surface area contributed by atoms with Gasteiger partial charge >= 0.3 is 6.03 Å². The molecule has 3 aromatic rings. The van der Waals surface area contributed by atoms with Gasteiger partial charge in [0.25, 0.3) is 0 Å². The monoisotopic (exact) mass is 432 g/mol. The van der Waals surface area contributed by atoms with Crippen molar-refractivity contribution in [3.63, 3.8) is 0 Å². The summed E-state index contributed by atoms with van der Waals surface area (Å²) in [5.41, 5.74) is 4.24. The minimum atomic E-state index is -0.252. The van der Waals surface area contributed by atoms with Gasteiger partial charge in [0.05, 0.1) is 12.2 Å². The van der Waals surface area contributed by atoms with Gasteiger partial charge in [0.15, 0.2) is 0 Å². The zero-order valence-electron chi connectivity index (χ0n) is 19.1. The highest BCUT2D eigenvalue weighted by Crippen LogP contribution is 2.27. The van der Waals surface area contributed by atoms with Gasteiger partial charge in [-0.05, 0) is 62.9 Å². The molecule has 4 rings (SSSR count). The number of para-hydroxylation sites is 1. The number of hydrogen-bond acceptors (Lipinski definition) is 4. The fourth-order valence-corrected chi connectivity index (χ4v) is 4.40. The lowest BCUT2D eigenvalue weighted by Gasteiger charge is -2.36. The summed E-state index contributed by atoms with van der Waals surface area (Å²) in [6.07, 6.45) is 6.61. The second kappa shape index (κ2) is 9.96. The summed E-state index contributed by atoms with van der Waals surface area (Å²) in [4.78, 5) is 19.6. The van der Waals surface area contributed by atoms with Crippen LogP contribution in [0.3, 0.4) is 0 Å². The normalized spacial score (nSPS) is 16.0. The smallest absolute Gasteiger partial charge is 0.307 e. The molecule has 2 aromatic heterocycles. The summed E-state index contributed by atoms with van der Waals surface area (Å²) in [6, 6.07) is 14.3. The molecule has 0 saturated carbocycles. The van der Waals surface area contributed by atoms with Crippen LogP contribution < -0.4 is 10.6 Å². The van der Waals surface area contributed by atoms with Crippen molar-refractivity contribution in [1.29, 1.82) is 0 Å². The van der Waals surface area contributed by atoms with E-state index in [9.17, 15) is 4.79 Å². The van der Waals surface area contributed by atoms with Gasteiger partial charge in [-0.15, -0.1) is 0 Å². The van der Waals surface area contributed by atoms with Crippen molar-refractivity contribution >= 4 is 17.5 Å². The van der Waals surface area contributed by atoms with Crippen LogP contribution in [0.1, 0.15) is 42.6 Å². The Morgan fingerprint density at radius 1 is 1.09 bits per heavy atom. The molecule has 0 bridgehead atoms. The van der Waals surface area contributed by atoms with Crippen molar-refractivity contribution in [3.05, 3.63) is 71.7 Å². The number of nitrogens with one attached hydrogen (secondary N) is 2. The van der Waals surface area contributed by atoms with Gasteiger partial charge in [-0.3, -0.25) is 10.3 Å². The van der Waals surface area contributed by atoms with Crippen LogP contribution in [-0.2, 0) is 6.42 Å². The summed E-state index contributed by atoms with van der Waals surface area (Å²) in [5.74, 6) is 0.728. The third-order valence-electron chi connectivity index (χ3n) is 6.25. The number of piperidine rings is 1. The Labute approximate surface area is 189 Å². The first kappa shape index (κ1) is 22.0. The highest BCUT2D eigenvalue weighted by molar-refractivity contribution is 5.99. The molecule has 0 radical (unpaired) electrons. The van der Waals surface area contributed by atoms with Crippen molar-refractivity contribution in [1.82, 2.24) is 19.7 Å². The second-order valence-corrected chi connectivity index (χ2v) is 8.70. The van der Waals surface area contributed by atoms with Crippen LogP contribution in [-0.4, -0.2) is 44.8 Å². The molecule has 1 unspecified atom stereocenters. The van der Waals surface area contributed by atoms with E-state index in [1.807, 2.05) is 54.2 Å². The molecular weight excluding hydrogens is 400 g/mol. The van der Waals surface area contributed by atoms with E-state index in [1.165, 1.54) is 5.56 Å². The van der Waals surface area contributed by atoms with E-state index in [4.69, 9.17) is 0 Å². The van der Waals surface area contributed by atoms with Crippen molar-refractivity contribution < 1.29 is 4.79 Å². The largest absolute Gasteiger partial charge is 0.324 e. The molecule has 0 spiro atoms. The maximum Gasteiger partial charge on any atom is 0.324 e. The molecule has 32 heavy (non-hydrogen) atoms. The predicted octanol–water partition coefficient (Wildman–Crippen LogP) is 4.81. The fraction of sp³-hybridized carbons (Fsp3) is 0.400. The van der Waals surface area contributed by atoms with Crippen LogP contribution in [0.2, 0.25) is 0 Å². The molecule has 1 atom stereocenters. The van der Waals surface area contributed by atoms with Gasteiger partial charge in [-0.1, -0.05) is 18.2 Å². The first-order chi connectivity index (χ1) is 15.5. The second-order valence-electron chi connectivity index (χ2n) is 8.70. The lowest BCUT2D eigenvalue weighted by molar-refractivity contribution is 0.138. The van der Waals surface area contributed by atoms with E-state index >= 15 is 0 Å². The molecular formula is C25H32N6O. The van der Waals surface area contributed by atoms with Crippen molar-refractivity contribution in [2.75, 3.05) is 23.7 Å². The molecule has 2 N–H and O–H groups in total. The highest BCUT2D eigenvalue weighted by Gasteiger charge is 2.26. The number of amides is 2. The molecule has 7 heteroatoms. The Balaban J connectivity index is 1.32. The molecule has 1 aliphatic rings. The molecule has 0 aliphatic carbocycles. The number of benzene rings is 1. The number of carbonyl (C=O) groups excluding carboxylic acids is 1. The van der Waals surface area contributed by atoms with Crippen LogP contribution in [0.4, 0.5) is 16.3 Å². The fourth-order valence-electron chi connectivity index (χ4n) is 4.40. The van der Waals surface area contributed by atoms with Crippen LogP contribution in [0.5, 0.6) is 0 Å². The van der Waals surface area contributed by atoms with Gasteiger partial charge < -0.3 is 10.2 Å². The average molecular weight is 433 g/mol. The zero-order chi connectivity index (χ0) is 22.5.